The number of phenols is 2. The third-order valence-electron chi connectivity index (χ3n) is 5.68. The Morgan fingerprint density at radius 3 is 1.50 bits per heavy atom. The van der Waals surface area contributed by atoms with Gasteiger partial charge in [0.25, 0.3) is 0 Å². The first-order valence-electron chi connectivity index (χ1n) is 9.93. The van der Waals surface area contributed by atoms with Crippen LogP contribution in [0.3, 0.4) is 0 Å². The first-order valence-corrected chi connectivity index (χ1v) is 9.93. The summed E-state index contributed by atoms with van der Waals surface area (Å²) < 4.78 is 0. The van der Waals surface area contributed by atoms with Gasteiger partial charge in [-0.1, -0.05) is 72.2 Å². The Hall–Kier alpha value is -1.96. The molecule has 26 heavy (non-hydrogen) atoms. The van der Waals surface area contributed by atoms with Crippen LogP contribution in [-0.4, -0.2) is 10.2 Å². The molecule has 0 atom stereocenters. The molecule has 0 bridgehead atoms. The fourth-order valence-electron chi connectivity index (χ4n) is 4.10. The predicted molar refractivity (Wildman–Crippen MR) is 110 cm³/mol. The van der Waals surface area contributed by atoms with Gasteiger partial charge in [0.2, 0.25) is 0 Å². The van der Waals surface area contributed by atoms with Crippen molar-refractivity contribution in [1.29, 1.82) is 0 Å². The van der Waals surface area contributed by atoms with Crippen LogP contribution in [0.25, 0.3) is 0 Å². The Morgan fingerprint density at radius 1 is 0.769 bits per heavy atom. The molecule has 2 aromatic carbocycles. The van der Waals surface area contributed by atoms with E-state index in [4.69, 9.17) is 0 Å². The molecule has 0 heterocycles. The third-order valence-corrected chi connectivity index (χ3v) is 5.68. The maximum Gasteiger partial charge on any atom is 0.119 e. The van der Waals surface area contributed by atoms with Crippen molar-refractivity contribution < 1.29 is 10.2 Å². The van der Waals surface area contributed by atoms with Crippen molar-refractivity contribution in [2.24, 2.45) is 0 Å². The van der Waals surface area contributed by atoms with E-state index in [0.29, 0.717) is 11.5 Å². The van der Waals surface area contributed by atoms with E-state index in [1.807, 2.05) is 12.1 Å². The van der Waals surface area contributed by atoms with Gasteiger partial charge in [0.05, 0.1) is 0 Å². The Bertz CT molecular complexity index is 686. The van der Waals surface area contributed by atoms with Crippen LogP contribution in [0.5, 0.6) is 11.5 Å². The smallest absolute Gasteiger partial charge is 0.119 e. The predicted octanol–water partition coefficient (Wildman–Crippen LogP) is 6.84. The third kappa shape index (κ3) is 3.75. The molecule has 0 aliphatic carbocycles. The molecular formula is C24H34O2. The minimum atomic E-state index is -0.108. The quantitative estimate of drug-likeness (QED) is 0.571. The second-order valence-electron chi connectivity index (χ2n) is 8.04. The molecule has 0 saturated carbocycles. The Labute approximate surface area is 158 Å². The molecule has 0 aliphatic rings. The van der Waals surface area contributed by atoms with Crippen LogP contribution >= 0.6 is 0 Å². The van der Waals surface area contributed by atoms with Crippen molar-refractivity contribution in [3.05, 3.63) is 58.7 Å². The normalized spacial score (nSPS) is 12.2. The highest BCUT2D eigenvalue weighted by atomic mass is 16.3. The highest BCUT2D eigenvalue weighted by Gasteiger charge is 2.33. The standard InChI is InChI=1S/C24H34O2/c1-7-13-24(8-2,18-9-11-22(25)20(14-18)16(3)4)19-10-12-23(26)21(15-19)17(5)6/h9-12,14-17,25-26H,7-8,13H2,1-6H3. The van der Waals surface area contributed by atoms with E-state index in [1.54, 1.807) is 0 Å². The lowest BCUT2D eigenvalue weighted by molar-refractivity contribution is 0.438. The lowest BCUT2D eigenvalue weighted by Crippen LogP contribution is -2.27. The Morgan fingerprint density at radius 2 is 1.19 bits per heavy atom. The van der Waals surface area contributed by atoms with E-state index in [1.165, 1.54) is 11.1 Å². The Kier molecular flexibility index (Phi) is 6.39. The average molecular weight is 355 g/mol. The first-order chi connectivity index (χ1) is 12.3. The molecule has 0 radical (unpaired) electrons. The largest absolute Gasteiger partial charge is 0.508 e. The summed E-state index contributed by atoms with van der Waals surface area (Å²) in [7, 11) is 0. The van der Waals surface area contributed by atoms with Crippen molar-refractivity contribution in [3.8, 4) is 11.5 Å². The van der Waals surface area contributed by atoms with Gasteiger partial charge in [-0.3, -0.25) is 0 Å². The van der Waals surface area contributed by atoms with E-state index >= 15 is 0 Å². The maximum absolute atomic E-state index is 10.3. The Balaban J connectivity index is 2.70. The van der Waals surface area contributed by atoms with Crippen molar-refractivity contribution in [1.82, 2.24) is 0 Å². The molecule has 2 aromatic rings. The van der Waals surface area contributed by atoms with E-state index in [2.05, 4.69) is 65.8 Å². The van der Waals surface area contributed by atoms with Crippen LogP contribution in [0.1, 0.15) is 94.9 Å². The van der Waals surface area contributed by atoms with Crippen molar-refractivity contribution in [2.45, 2.75) is 78.1 Å². The zero-order chi connectivity index (χ0) is 19.5. The monoisotopic (exact) mass is 354 g/mol. The van der Waals surface area contributed by atoms with Crippen molar-refractivity contribution >= 4 is 0 Å². The van der Waals surface area contributed by atoms with Gasteiger partial charge in [-0.05, 0) is 59.1 Å². The average Bonchev–Trinajstić information content (AvgIpc) is 2.60. The summed E-state index contributed by atoms with van der Waals surface area (Å²) in [6.07, 6.45) is 3.09. The minimum Gasteiger partial charge on any atom is -0.508 e. The van der Waals surface area contributed by atoms with Gasteiger partial charge in [0.1, 0.15) is 11.5 Å². The van der Waals surface area contributed by atoms with Crippen LogP contribution < -0.4 is 0 Å². The van der Waals surface area contributed by atoms with E-state index in [9.17, 15) is 10.2 Å². The molecule has 2 N–H and O–H groups in total. The van der Waals surface area contributed by atoms with Crippen LogP contribution in [0, 0.1) is 0 Å². The summed E-state index contributed by atoms with van der Waals surface area (Å²) in [5, 5.41) is 20.5. The molecule has 0 aliphatic heterocycles. The highest BCUT2D eigenvalue weighted by Crippen LogP contribution is 2.44. The van der Waals surface area contributed by atoms with Gasteiger partial charge < -0.3 is 10.2 Å². The van der Waals surface area contributed by atoms with Crippen LogP contribution in [-0.2, 0) is 5.41 Å². The summed E-state index contributed by atoms with van der Waals surface area (Å²) in [6.45, 7) is 12.9. The molecule has 0 aromatic heterocycles. The van der Waals surface area contributed by atoms with Crippen LogP contribution in [0.15, 0.2) is 36.4 Å². The van der Waals surface area contributed by atoms with Crippen LogP contribution in [0.2, 0.25) is 0 Å². The van der Waals surface area contributed by atoms with Gasteiger partial charge in [-0.15, -0.1) is 0 Å². The number of aromatic hydroxyl groups is 2. The fourth-order valence-corrected chi connectivity index (χ4v) is 4.10. The topological polar surface area (TPSA) is 40.5 Å². The SMILES string of the molecule is CCCC(CC)(c1ccc(O)c(C(C)C)c1)c1ccc(O)c(C(C)C)c1. The van der Waals surface area contributed by atoms with Gasteiger partial charge in [-0.2, -0.15) is 0 Å². The van der Waals surface area contributed by atoms with E-state index in [-0.39, 0.29) is 17.3 Å². The summed E-state index contributed by atoms with van der Waals surface area (Å²) >= 11 is 0. The first kappa shape index (κ1) is 20.4. The molecule has 0 fully saturated rings. The lowest BCUT2D eigenvalue weighted by Gasteiger charge is -2.35. The van der Waals surface area contributed by atoms with Gasteiger partial charge >= 0.3 is 0 Å². The second kappa shape index (κ2) is 8.16. The van der Waals surface area contributed by atoms with E-state index < -0.39 is 0 Å². The minimum absolute atomic E-state index is 0.108. The molecular weight excluding hydrogens is 320 g/mol. The molecule has 0 spiro atoms. The van der Waals surface area contributed by atoms with Crippen molar-refractivity contribution in [3.63, 3.8) is 0 Å². The zero-order valence-corrected chi connectivity index (χ0v) is 17.1. The zero-order valence-electron chi connectivity index (χ0n) is 17.1. The van der Waals surface area contributed by atoms with E-state index in [0.717, 1.165) is 30.4 Å². The number of benzene rings is 2. The van der Waals surface area contributed by atoms with Gasteiger partial charge in [0.15, 0.2) is 0 Å². The fraction of sp³-hybridized carbons (Fsp3) is 0.500. The summed E-state index contributed by atoms with van der Waals surface area (Å²) in [5.74, 6) is 1.30. The molecule has 2 nitrogen and oxygen atoms in total. The number of hydrogen-bond acceptors (Lipinski definition) is 2. The molecule has 0 saturated heterocycles. The summed E-state index contributed by atoms with van der Waals surface area (Å²) in [5.41, 5.74) is 4.40. The number of rotatable bonds is 7. The molecule has 2 rings (SSSR count). The second-order valence-corrected chi connectivity index (χ2v) is 8.04. The highest BCUT2D eigenvalue weighted by molar-refractivity contribution is 5.49. The summed E-state index contributed by atoms with van der Waals surface area (Å²) in [6, 6.07) is 12.2. The lowest BCUT2D eigenvalue weighted by atomic mass is 9.68. The number of hydrogen-bond donors (Lipinski definition) is 2. The van der Waals surface area contributed by atoms with Gasteiger partial charge in [-0.25, -0.2) is 0 Å². The molecule has 0 amide bonds. The number of phenolic OH excluding ortho intramolecular Hbond substituents is 2. The molecule has 142 valence electrons. The van der Waals surface area contributed by atoms with Crippen molar-refractivity contribution in [2.75, 3.05) is 0 Å². The molecule has 0 unspecified atom stereocenters. The van der Waals surface area contributed by atoms with Crippen LogP contribution in [0.4, 0.5) is 0 Å². The maximum atomic E-state index is 10.3. The molecule has 2 heteroatoms. The summed E-state index contributed by atoms with van der Waals surface area (Å²) in [4.78, 5) is 0. The van der Waals surface area contributed by atoms with Gasteiger partial charge in [0, 0.05) is 5.41 Å².